The molecule has 10 nitrogen and oxygen atoms in total. The van der Waals surface area contributed by atoms with Gasteiger partial charge < -0.3 is 34.6 Å². The average molecular weight is 482 g/mol. The van der Waals surface area contributed by atoms with Crippen molar-refractivity contribution in [2.45, 2.75) is 30.7 Å². The molecule has 3 aromatic carbocycles. The highest BCUT2D eigenvalue weighted by molar-refractivity contribution is 5.89. The van der Waals surface area contributed by atoms with Gasteiger partial charge in [-0.25, -0.2) is 5.43 Å². The minimum Gasteiger partial charge on any atom is -0.483 e. The third kappa shape index (κ3) is 5.94. The van der Waals surface area contributed by atoms with E-state index in [4.69, 9.17) is 14.2 Å². The van der Waals surface area contributed by atoms with E-state index in [-0.39, 0.29) is 6.61 Å². The number of carbonyl (C=O) groups excluding carboxylic acids is 1. The van der Waals surface area contributed by atoms with Gasteiger partial charge in [0.1, 0.15) is 35.9 Å². The molecule has 0 radical (unpaired) electrons. The molecular weight excluding hydrogens is 456 g/mol. The number of amides is 1. The first kappa shape index (κ1) is 24.6. The normalized spacial score (nSPS) is 24.4. The lowest BCUT2D eigenvalue weighted by molar-refractivity contribution is -0.277. The van der Waals surface area contributed by atoms with Crippen LogP contribution in [0.25, 0.3) is 10.8 Å². The number of ether oxygens (including phenoxy) is 3. The van der Waals surface area contributed by atoms with Gasteiger partial charge in [0, 0.05) is 5.39 Å². The van der Waals surface area contributed by atoms with Crippen molar-refractivity contribution in [3.63, 3.8) is 0 Å². The van der Waals surface area contributed by atoms with Crippen molar-refractivity contribution in [1.29, 1.82) is 0 Å². The molecule has 1 aliphatic heterocycles. The van der Waals surface area contributed by atoms with Crippen LogP contribution in [-0.4, -0.2) is 76.5 Å². The van der Waals surface area contributed by atoms with Gasteiger partial charge in [0.25, 0.3) is 5.91 Å². The first-order valence-corrected chi connectivity index (χ1v) is 11.0. The summed E-state index contributed by atoms with van der Waals surface area (Å²) in [6.45, 7) is -0.740. The summed E-state index contributed by atoms with van der Waals surface area (Å²) in [6, 6.07) is 19.8. The third-order valence-corrected chi connectivity index (χ3v) is 5.49. The molecule has 1 amide bonds. The Bertz CT molecular complexity index is 1160. The largest absolute Gasteiger partial charge is 0.483 e. The summed E-state index contributed by atoms with van der Waals surface area (Å²) in [7, 11) is 0. The summed E-state index contributed by atoms with van der Waals surface area (Å²) >= 11 is 0. The van der Waals surface area contributed by atoms with Gasteiger partial charge in [-0.05, 0) is 41.3 Å². The molecule has 1 aliphatic rings. The Morgan fingerprint density at radius 2 is 1.71 bits per heavy atom. The quantitative estimate of drug-likeness (QED) is 0.231. The summed E-state index contributed by atoms with van der Waals surface area (Å²) in [5, 5.41) is 44.8. The zero-order valence-electron chi connectivity index (χ0n) is 18.6. The molecule has 1 heterocycles. The Morgan fingerprint density at radius 1 is 0.971 bits per heavy atom. The van der Waals surface area contributed by atoms with Gasteiger partial charge in [0.05, 0.1) is 12.8 Å². The van der Waals surface area contributed by atoms with Crippen LogP contribution in [0, 0.1) is 0 Å². The molecule has 0 saturated carbocycles. The van der Waals surface area contributed by atoms with Gasteiger partial charge >= 0.3 is 0 Å². The third-order valence-electron chi connectivity index (χ3n) is 5.49. The van der Waals surface area contributed by atoms with Crippen molar-refractivity contribution >= 4 is 22.9 Å². The molecule has 0 bridgehead atoms. The predicted molar refractivity (Wildman–Crippen MR) is 126 cm³/mol. The molecule has 5 atom stereocenters. The Labute approximate surface area is 201 Å². The van der Waals surface area contributed by atoms with Crippen molar-refractivity contribution in [3.8, 4) is 11.5 Å². The molecule has 3 aromatic rings. The smallest absolute Gasteiger partial charge is 0.277 e. The van der Waals surface area contributed by atoms with Crippen LogP contribution in [0.2, 0.25) is 0 Å². The number of nitrogens with zero attached hydrogens (tertiary/aromatic N) is 1. The van der Waals surface area contributed by atoms with E-state index in [9.17, 15) is 25.2 Å². The molecule has 0 aromatic heterocycles. The van der Waals surface area contributed by atoms with Crippen molar-refractivity contribution in [3.05, 3.63) is 72.3 Å². The minimum atomic E-state index is -1.52. The molecule has 4 rings (SSSR count). The fourth-order valence-electron chi connectivity index (χ4n) is 3.61. The zero-order valence-corrected chi connectivity index (χ0v) is 18.6. The first-order chi connectivity index (χ1) is 17.0. The van der Waals surface area contributed by atoms with Crippen LogP contribution in [0.3, 0.4) is 0 Å². The number of fused-ring (bicyclic) bond motifs is 1. The van der Waals surface area contributed by atoms with E-state index in [0.29, 0.717) is 17.1 Å². The lowest BCUT2D eigenvalue weighted by Gasteiger charge is -2.39. The maximum absolute atomic E-state index is 12.1. The number of nitrogens with one attached hydrogen (secondary N) is 1. The lowest BCUT2D eigenvalue weighted by atomic mass is 9.99. The predicted octanol–water partition coefficient (Wildman–Crippen LogP) is 0.548. The summed E-state index contributed by atoms with van der Waals surface area (Å²) in [5.74, 6) is 0.507. The van der Waals surface area contributed by atoms with Gasteiger partial charge in [0.2, 0.25) is 6.29 Å². The summed E-state index contributed by atoms with van der Waals surface area (Å²) in [5.41, 5.74) is 3.06. The highest BCUT2D eigenvalue weighted by Gasteiger charge is 2.44. The first-order valence-electron chi connectivity index (χ1n) is 11.0. The molecule has 10 heteroatoms. The second-order valence-electron chi connectivity index (χ2n) is 7.94. The van der Waals surface area contributed by atoms with Gasteiger partial charge in [0.15, 0.2) is 6.61 Å². The standard InChI is InChI=1S/C25H26N2O8/c28-13-20-22(30)23(31)24(32)25(35-20)34-17-10-8-15(9-11-17)12-26-27-21(29)14-33-19-7-3-5-16-4-1-2-6-18(16)19/h1-12,20,22-25,28,30-32H,13-14H2,(H,27,29)/b26-12-/t20-,22-,23+,24-,25-/m1/s1. The van der Waals surface area contributed by atoms with E-state index in [2.05, 4.69) is 10.5 Å². The Kier molecular flexibility index (Phi) is 7.91. The maximum atomic E-state index is 12.1. The lowest BCUT2D eigenvalue weighted by Crippen LogP contribution is -2.60. The summed E-state index contributed by atoms with van der Waals surface area (Å²) in [4.78, 5) is 12.1. The molecule has 5 N–H and O–H groups in total. The molecule has 0 aliphatic carbocycles. The monoisotopic (exact) mass is 482 g/mol. The van der Waals surface area contributed by atoms with Gasteiger partial charge in [-0.3, -0.25) is 4.79 Å². The van der Waals surface area contributed by atoms with Crippen molar-refractivity contribution in [1.82, 2.24) is 5.43 Å². The highest BCUT2D eigenvalue weighted by Crippen LogP contribution is 2.25. The highest BCUT2D eigenvalue weighted by atomic mass is 16.7. The number of hydrogen-bond acceptors (Lipinski definition) is 9. The van der Waals surface area contributed by atoms with E-state index < -0.39 is 43.2 Å². The second-order valence-corrected chi connectivity index (χ2v) is 7.94. The second kappa shape index (κ2) is 11.3. The van der Waals surface area contributed by atoms with Crippen LogP contribution in [0.4, 0.5) is 0 Å². The minimum absolute atomic E-state index is 0.197. The number of aliphatic hydroxyl groups is 4. The number of rotatable bonds is 8. The number of benzene rings is 3. The topological polar surface area (TPSA) is 150 Å². The molecule has 35 heavy (non-hydrogen) atoms. The van der Waals surface area contributed by atoms with Gasteiger partial charge in [-0.1, -0.05) is 36.4 Å². The fourth-order valence-corrected chi connectivity index (χ4v) is 3.61. The number of carbonyl (C=O) groups is 1. The van der Waals surface area contributed by atoms with E-state index in [1.807, 2.05) is 36.4 Å². The molecular formula is C25H26N2O8. The Balaban J connectivity index is 1.27. The molecule has 1 fully saturated rings. The van der Waals surface area contributed by atoms with Crippen LogP contribution in [0.5, 0.6) is 11.5 Å². The van der Waals surface area contributed by atoms with E-state index in [0.717, 1.165) is 10.8 Å². The van der Waals surface area contributed by atoms with E-state index >= 15 is 0 Å². The van der Waals surface area contributed by atoms with Gasteiger partial charge in [-0.15, -0.1) is 0 Å². The average Bonchev–Trinajstić information content (AvgIpc) is 2.88. The molecule has 1 saturated heterocycles. The molecule has 0 spiro atoms. The summed E-state index contributed by atoms with van der Waals surface area (Å²) in [6.07, 6.45) is -5.37. The molecule has 0 unspecified atom stereocenters. The SMILES string of the molecule is O=C(COc1cccc2ccccc12)N/N=C\c1ccc(O[C@@H]2O[C@H](CO)[C@@H](O)[C@H](O)[C@H]2O)cc1. The van der Waals surface area contributed by atoms with Crippen LogP contribution >= 0.6 is 0 Å². The van der Waals surface area contributed by atoms with Crippen molar-refractivity contribution in [2.24, 2.45) is 5.10 Å². The number of hydrogen-bond donors (Lipinski definition) is 5. The van der Waals surface area contributed by atoms with Crippen LogP contribution < -0.4 is 14.9 Å². The van der Waals surface area contributed by atoms with E-state index in [1.165, 1.54) is 6.21 Å². The molecule has 184 valence electrons. The Morgan fingerprint density at radius 3 is 2.49 bits per heavy atom. The number of aliphatic hydroxyl groups excluding tert-OH is 4. The Hall–Kier alpha value is -3.54. The number of hydrazone groups is 1. The fraction of sp³-hybridized carbons (Fsp3) is 0.280. The maximum Gasteiger partial charge on any atom is 0.277 e. The van der Waals surface area contributed by atoms with Crippen LogP contribution in [-0.2, 0) is 9.53 Å². The van der Waals surface area contributed by atoms with Crippen LogP contribution in [0.1, 0.15) is 5.56 Å². The van der Waals surface area contributed by atoms with Crippen molar-refractivity contribution < 1.29 is 39.4 Å². The van der Waals surface area contributed by atoms with E-state index in [1.54, 1.807) is 30.3 Å². The van der Waals surface area contributed by atoms with Crippen LogP contribution in [0.15, 0.2) is 71.8 Å². The van der Waals surface area contributed by atoms with Crippen molar-refractivity contribution in [2.75, 3.05) is 13.2 Å². The zero-order chi connectivity index (χ0) is 24.8. The van der Waals surface area contributed by atoms with Gasteiger partial charge in [-0.2, -0.15) is 5.10 Å². The summed E-state index contributed by atoms with van der Waals surface area (Å²) < 4.78 is 16.5.